The van der Waals surface area contributed by atoms with Gasteiger partial charge in [-0.25, -0.2) is 9.97 Å². The molecule has 4 rings (SSSR count). The molecule has 1 fully saturated rings. The Morgan fingerprint density at radius 1 is 1.48 bits per heavy atom. The summed E-state index contributed by atoms with van der Waals surface area (Å²) >= 11 is 1.67. The number of H-pyrrole nitrogens is 1. The van der Waals surface area contributed by atoms with Gasteiger partial charge in [-0.05, 0) is 19.2 Å². The molecule has 0 aliphatic carbocycles. The van der Waals surface area contributed by atoms with Gasteiger partial charge in [-0.2, -0.15) is 0 Å². The largest absolute Gasteiger partial charge is 0.368 e. The lowest BCUT2D eigenvalue weighted by Gasteiger charge is -2.28. The first-order valence-corrected chi connectivity index (χ1v) is 7.87. The molecule has 1 saturated heterocycles. The molecule has 3 aromatic rings. The van der Waals surface area contributed by atoms with Crippen LogP contribution in [-0.2, 0) is 4.74 Å². The van der Waals surface area contributed by atoms with Crippen LogP contribution in [0.2, 0.25) is 0 Å². The van der Waals surface area contributed by atoms with Crippen LogP contribution in [0.1, 0.15) is 11.1 Å². The second-order valence-corrected chi connectivity index (χ2v) is 6.18. The second kappa shape index (κ2) is 5.22. The fraction of sp³-hybridized carbons (Fsp3) is 0.333. The molecule has 3 aromatic heterocycles. The molecule has 1 N–H and O–H groups in total. The van der Waals surface area contributed by atoms with E-state index in [1.54, 1.807) is 17.5 Å². The summed E-state index contributed by atoms with van der Waals surface area (Å²) in [5.74, 6) is 0. The van der Waals surface area contributed by atoms with E-state index < -0.39 is 0 Å². The summed E-state index contributed by atoms with van der Waals surface area (Å²) in [4.78, 5) is 14.6. The predicted octanol–water partition coefficient (Wildman–Crippen LogP) is 2.69. The Balaban J connectivity index is 1.68. The fourth-order valence-electron chi connectivity index (χ4n) is 2.65. The van der Waals surface area contributed by atoms with Gasteiger partial charge >= 0.3 is 0 Å². The van der Waals surface area contributed by atoms with Crippen molar-refractivity contribution in [3.8, 4) is 11.3 Å². The van der Waals surface area contributed by atoms with Crippen molar-refractivity contribution < 1.29 is 4.74 Å². The van der Waals surface area contributed by atoms with Crippen LogP contribution in [0.5, 0.6) is 0 Å². The van der Waals surface area contributed by atoms with Crippen molar-refractivity contribution in [3.05, 3.63) is 34.9 Å². The molecular formula is C15H16N4OS. The van der Waals surface area contributed by atoms with Crippen LogP contribution in [0.4, 0.5) is 0 Å². The number of fused-ring (bicyclic) bond motifs is 1. The first-order valence-electron chi connectivity index (χ1n) is 6.99. The zero-order chi connectivity index (χ0) is 14.2. The van der Waals surface area contributed by atoms with E-state index >= 15 is 0 Å². The molecule has 0 spiro atoms. The predicted molar refractivity (Wildman–Crippen MR) is 83.4 cm³/mol. The molecule has 108 valence electrons. The third-order valence-corrected chi connectivity index (χ3v) is 4.73. The molecule has 21 heavy (non-hydrogen) atoms. The molecule has 0 aromatic carbocycles. The van der Waals surface area contributed by atoms with E-state index in [0.29, 0.717) is 0 Å². The number of hydrogen-bond donors (Lipinski definition) is 1. The highest BCUT2D eigenvalue weighted by atomic mass is 32.1. The Kier molecular flexibility index (Phi) is 3.21. The molecule has 6 heteroatoms. The van der Waals surface area contributed by atoms with E-state index in [4.69, 9.17) is 9.72 Å². The summed E-state index contributed by atoms with van der Waals surface area (Å²) in [5.41, 5.74) is 2.99. The van der Waals surface area contributed by atoms with Crippen molar-refractivity contribution in [2.45, 2.75) is 6.10 Å². The number of aromatic amines is 1. The maximum absolute atomic E-state index is 5.84. The standard InChI is InChI=1S/C15H16N4OS/c1-19-5-6-20-13(8-19)15-18-12(9-21-15)11-7-17-14-10(11)3-2-4-16-14/h2-4,7,9,13H,5-6,8H2,1H3,(H,16,17). The number of morpholine rings is 1. The number of nitrogens with zero attached hydrogens (tertiary/aromatic N) is 3. The molecule has 5 nitrogen and oxygen atoms in total. The van der Waals surface area contributed by atoms with E-state index in [1.807, 2.05) is 12.3 Å². The van der Waals surface area contributed by atoms with E-state index in [2.05, 4.69) is 33.4 Å². The Morgan fingerprint density at radius 3 is 3.33 bits per heavy atom. The average molecular weight is 300 g/mol. The SMILES string of the molecule is CN1CCOC(c2nc(-c3c[nH]c4ncccc34)cs2)C1. The van der Waals surface area contributed by atoms with Crippen LogP contribution in [0.3, 0.4) is 0 Å². The van der Waals surface area contributed by atoms with E-state index in [1.165, 1.54) is 0 Å². The number of pyridine rings is 1. The number of thiazole rings is 1. The lowest BCUT2D eigenvalue weighted by atomic mass is 10.2. The van der Waals surface area contributed by atoms with Gasteiger partial charge in [0, 0.05) is 41.8 Å². The van der Waals surface area contributed by atoms with Crippen molar-refractivity contribution in [2.24, 2.45) is 0 Å². The number of hydrogen-bond acceptors (Lipinski definition) is 5. The molecule has 0 bridgehead atoms. The molecule has 1 atom stereocenters. The van der Waals surface area contributed by atoms with Crippen LogP contribution in [0.25, 0.3) is 22.3 Å². The van der Waals surface area contributed by atoms with Crippen LogP contribution >= 0.6 is 11.3 Å². The normalized spacial score (nSPS) is 20.1. The van der Waals surface area contributed by atoms with Gasteiger partial charge in [-0.15, -0.1) is 11.3 Å². The maximum Gasteiger partial charge on any atom is 0.137 e. The topological polar surface area (TPSA) is 54.0 Å². The molecule has 1 aliphatic heterocycles. The van der Waals surface area contributed by atoms with Crippen molar-refractivity contribution in [1.82, 2.24) is 19.9 Å². The van der Waals surface area contributed by atoms with Gasteiger partial charge < -0.3 is 14.6 Å². The summed E-state index contributed by atoms with van der Waals surface area (Å²) in [6.07, 6.45) is 3.86. The van der Waals surface area contributed by atoms with Crippen molar-refractivity contribution in [1.29, 1.82) is 0 Å². The van der Waals surface area contributed by atoms with E-state index in [0.717, 1.165) is 47.0 Å². The zero-order valence-corrected chi connectivity index (χ0v) is 12.6. The summed E-state index contributed by atoms with van der Waals surface area (Å²) in [7, 11) is 2.12. The van der Waals surface area contributed by atoms with Crippen LogP contribution < -0.4 is 0 Å². The number of aromatic nitrogens is 3. The summed E-state index contributed by atoms with van der Waals surface area (Å²) in [5, 5.41) is 4.26. The smallest absolute Gasteiger partial charge is 0.137 e. The van der Waals surface area contributed by atoms with Crippen molar-refractivity contribution in [2.75, 3.05) is 26.7 Å². The van der Waals surface area contributed by atoms with Gasteiger partial charge in [-0.1, -0.05) is 0 Å². The first-order chi connectivity index (χ1) is 10.3. The average Bonchev–Trinajstić information content (AvgIpc) is 3.14. The lowest BCUT2D eigenvalue weighted by Crippen LogP contribution is -2.35. The fourth-order valence-corrected chi connectivity index (χ4v) is 3.51. The minimum atomic E-state index is 0.0887. The molecular weight excluding hydrogens is 284 g/mol. The number of nitrogens with one attached hydrogen (secondary N) is 1. The van der Waals surface area contributed by atoms with Crippen molar-refractivity contribution >= 4 is 22.4 Å². The molecule has 0 saturated carbocycles. The maximum atomic E-state index is 5.84. The highest BCUT2D eigenvalue weighted by molar-refractivity contribution is 7.10. The van der Waals surface area contributed by atoms with Gasteiger partial charge in [0.25, 0.3) is 0 Å². The van der Waals surface area contributed by atoms with Gasteiger partial charge in [0.15, 0.2) is 0 Å². The molecule has 0 radical (unpaired) electrons. The van der Waals surface area contributed by atoms with Gasteiger partial charge in [0.05, 0.1) is 12.3 Å². The Bertz CT molecular complexity index is 766. The monoisotopic (exact) mass is 300 g/mol. The zero-order valence-electron chi connectivity index (χ0n) is 11.7. The van der Waals surface area contributed by atoms with Gasteiger partial charge in [0.2, 0.25) is 0 Å². The Morgan fingerprint density at radius 2 is 2.43 bits per heavy atom. The number of likely N-dealkylation sites (N-methyl/N-ethyl adjacent to an activating group) is 1. The summed E-state index contributed by atoms with van der Waals surface area (Å²) in [6.45, 7) is 2.67. The Hall–Kier alpha value is -1.76. The summed E-state index contributed by atoms with van der Waals surface area (Å²) in [6, 6.07) is 4.02. The van der Waals surface area contributed by atoms with Crippen LogP contribution in [0, 0.1) is 0 Å². The minimum Gasteiger partial charge on any atom is -0.368 e. The van der Waals surface area contributed by atoms with Crippen LogP contribution in [-0.4, -0.2) is 46.6 Å². The number of rotatable bonds is 2. The summed E-state index contributed by atoms with van der Waals surface area (Å²) < 4.78 is 5.84. The molecule has 1 aliphatic rings. The Labute approximate surface area is 126 Å². The van der Waals surface area contributed by atoms with E-state index in [-0.39, 0.29) is 6.10 Å². The second-order valence-electron chi connectivity index (χ2n) is 5.29. The molecule has 0 amide bonds. The van der Waals surface area contributed by atoms with Gasteiger partial charge in [-0.3, -0.25) is 0 Å². The first kappa shape index (κ1) is 12.9. The quantitative estimate of drug-likeness (QED) is 0.790. The highest BCUT2D eigenvalue weighted by Gasteiger charge is 2.23. The van der Waals surface area contributed by atoms with E-state index in [9.17, 15) is 0 Å². The van der Waals surface area contributed by atoms with Crippen molar-refractivity contribution in [3.63, 3.8) is 0 Å². The van der Waals surface area contributed by atoms with Crippen LogP contribution in [0.15, 0.2) is 29.9 Å². The molecule has 1 unspecified atom stereocenters. The molecule has 4 heterocycles. The minimum absolute atomic E-state index is 0.0887. The third kappa shape index (κ3) is 2.35. The third-order valence-electron chi connectivity index (χ3n) is 3.79. The lowest BCUT2D eigenvalue weighted by molar-refractivity contribution is -0.0209. The van der Waals surface area contributed by atoms with Gasteiger partial charge in [0.1, 0.15) is 16.8 Å². The number of ether oxygens (including phenoxy) is 1. The highest BCUT2D eigenvalue weighted by Crippen LogP contribution is 2.32.